The Hall–Kier alpha value is -5.76. The van der Waals surface area contributed by atoms with Crippen LogP contribution in [0.4, 0.5) is 4.79 Å². The first kappa shape index (κ1) is 45.6. The van der Waals surface area contributed by atoms with Crippen LogP contribution in [0.1, 0.15) is 70.6 Å². The second kappa shape index (κ2) is 22.7. The molecule has 14 heteroatoms. The molecule has 3 atom stereocenters. The van der Waals surface area contributed by atoms with Gasteiger partial charge >= 0.3 is 18.0 Å². The molecule has 57 heavy (non-hydrogen) atoms. The maximum Gasteiger partial charge on any atom is 0.408 e. The quantitative estimate of drug-likeness (QED) is 0.0889. The van der Waals surface area contributed by atoms with Gasteiger partial charge < -0.3 is 29.7 Å². The molecule has 3 rings (SSSR count). The van der Waals surface area contributed by atoms with Crippen molar-refractivity contribution in [3.8, 4) is 0 Å². The van der Waals surface area contributed by atoms with Gasteiger partial charge in [0.15, 0.2) is 0 Å². The van der Waals surface area contributed by atoms with E-state index in [9.17, 15) is 28.8 Å². The molecule has 0 fully saturated rings. The standard InChI is InChI=1S/C43H56N4O10/c1-30(2)23-24-47(41(52)35(45-42(53)57-43(3,4)5)27-38(49)56-29-33-21-15-10-16-22-33)36(25-31-17-11-8-12-18-31)39(50)44-34(40(51)46(6)54-7)26-37(48)55-28-32-19-13-9-14-20-32/h8-22,30,34-36H,23-29H2,1-7H3,(H,44,50)(H,45,53)/t34-,35-,36?/m0/s1. The largest absolute Gasteiger partial charge is 0.461 e. The van der Waals surface area contributed by atoms with Gasteiger partial charge in [0.05, 0.1) is 20.0 Å². The Labute approximate surface area is 335 Å². The topological polar surface area (TPSA) is 170 Å². The molecule has 0 aliphatic rings. The number of carbonyl (C=O) groups excluding carboxylic acids is 6. The molecule has 4 amide bonds. The van der Waals surface area contributed by atoms with Crippen molar-refractivity contribution in [2.75, 3.05) is 20.7 Å². The molecule has 0 spiro atoms. The van der Waals surface area contributed by atoms with Crippen molar-refractivity contribution in [2.24, 2.45) is 5.92 Å². The summed E-state index contributed by atoms with van der Waals surface area (Å²) in [7, 11) is 2.60. The molecule has 2 N–H and O–H groups in total. The van der Waals surface area contributed by atoms with Gasteiger partial charge in [0.1, 0.15) is 36.9 Å². The van der Waals surface area contributed by atoms with E-state index in [2.05, 4.69) is 10.6 Å². The molecule has 3 aromatic carbocycles. The first-order chi connectivity index (χ1) is 27.1. The molecular formula is C43H56N4O10. The van der Waals surface area contributed by atoms with Crippen LogP contribution in [0.2, 0.25) is 0 Å². The molecule has 14 nitrogen and oxygen atoms in total. The molecule has 308 valence electrons. The number of carbonyl (C=O) groups is 6. The number of nitrogens with one attached hydrogen (secondary N) is 2. The van der Waals surface area contributed by atoms with Gasteiger partial charge in [-0.05, 0) is 49.8 Å². The van der Waals surface area contributed by atoms with Gasteiger partial charge in [-0.15, -0.1) is 0 Å². The summed E-state index contributed by atoms with van der Waals surface area (Å²) in [6.45, 7) is 8.77. The smallest absolute Gasteiger partial charge is 0.408 e. The Morgan fingerprint density at radius 3 is 1.56 bits per heavy atom. The Morgan fingerprint density at radius 2 is 1.12 bits per heavy atom. The van der Waals surface area contributed by atoms with Crippen LogP contribution in [-0.4, -0.2) is 90.1 Å². The normalized spacial score (nSPS) is 12.7. The lowest BCUT2D eigenvalue weighted by molar-refractivity contribution is -0.173. The number of hydrogen-bond donors (Lipinski definition) is 2. The van der Waals surface area contributed by atoms with Gasteiger partial charge in [-0.3, -0.25) is 28.8 Å². The lowest BCUT2D eigenvalue weighted by Crippen LogP contribution is -2.60. The average molecular weight is 789 g/mol. The lowest BCUT2D eigenvalue weighted by Gasteiger charge is -2.35. The second-order valence-electron chi connectivity index (χ2n) is 14.9. The van der Waals surface area contributed by atoms with Crippen LogP contribution in [-0.2, 0) is 62.7 Å². The highest BCUT2D eigenvalue weighted by Crippen LogP contribution is 2.18. The SMILES string of the molecule is CON(C)C(=O)[C@H](CC(=O)OCc1ccccc1)NC(=O)C(Cc1ccccc1)N(CCC(C)C)C(=O)[C@H](CC(=O)OCc1ccccc1)NC(=O)OC(C)(C)C. The van der Waals surface area contributed by atoms with Gasteiger partial charge in [-0.2, -0.15) is 0 Å². The summed E-state index contributed by atoms with van der Waals surface area (Å²) < 4.78 is 16.4. The van der Waals surface area contributed by atoms with E-state index >= 15 is 0 Å². The zero-order valence-electron chi connectivity index (χ0n) is 33.9. The first-order valence-electron chi connectivity index (χ1n) is 18.9. The van der Waals surface area contributed by atoms with Crippen LogP contribution in [0.3, 0.4) is 0 Å². The van der Waals surface area contributed by atoms with E-state index in [1.807, 2.05) is 26.0 Å². The molecule has 0 radical (unpaired) electrons. The third-order valence-electron chi connectivity index (χ3n) is 8.60. The van der Waals surface area contributed by atoms with Crippen LogP contribution >= 0.6 is 0 Å². The van der Waals surface area contributed by atoms with Gasteiger partial charge in [0, 0.05) is 20.0 Å². The molecule has 0 bridgehead atoms. The number of nitrogens with zero attached hydrogens (tertiary/aromatic N) is 2. The number of likely N-dealkylation sites (N-methyl/N-ethyl adjacent to an activating group) is 1. The fourth-order valence-electron chi connectivity index (χ4n) is 5.55. The fraction of sp³-hybridized carbons (Fsp3) is 0.442. The van der Waals surface area contributed by atoms with Crippen LogP contribution < -0.4 is 10.6 Å². The molecule has 0 aliphatic heterocycles. The zero-order chi connectivity index (χ0) is 42.0. The third kappa shape index (κ3) is 16.5. The van der Waals surface area contributed by atoms with E-state index in [-0.39, 0.29) is 32.1 Å². The van der Waals surface area contributed by atoms with Crippen molar-refractivity contribution >= 4 is 35.8 Å². The van der Waals surface area contributed by atoms with Crippen molar-refractivity contribution in [1.29, 1.82) is 0 Å². The highest BCUT2D eigenvalue weighted by atomic mass is 16.7. The third-order valence-corrected chi connectivity index (χ3v) is 8.60. The maximum absolute atomic E-state index is 14.8. The molecule has 0 aromatic heterocycles. The Bertz CT molecular complexity index is 1750. The van der Waals surface area contributed by atoms with Gasteiger partial charge in [-0.25, -0.2) is 9.86 Å². The number of hydroxylamine groups is 2. The fourth-order valence-corrected chi connectivity index (χ4v) is 5.55. The van der Waals surface area contributed by atoms with E-state index in [4.69, 9.17) is 19.0 Å². The predicted molar refractivity (Wildman–Crippen MR) is 212 cm³/mol. The summed E-state index contributed by atoms with van der Waals surface area (Å²) in [5.41, 5.74) is 1.20. The van der Waals surface area contributed by atoms with E-state index < -0.39 is 72.3 Å². The summed E-state index contributed by atoms with van der Waals surface area (Å²) in [5.74, 6) is -3.73. The monoisotopic (exact) mass is 788 g/mol. The Kier molecular flexibility index (Phi) is 18.2. The number of amides is 4. The van der Waals surface area contributed by atoms with Crippen molar-refractivity contribution in [3.63, 3.8) is 0 Å². The van der Waals surface area contributed by atoms with Crippen LogP contribution in [0.5, 0.6) is 0 Å². The Morgan fingerprint density at radius 1 is 0.667 bits per heavy atom. The summed E-state index contributed by atoms with van der Waals surface area (Å²) >= 11 is 0. The molecule has 0 heterocycles. The Balaban J connectivity index is 2.01. The van der Waals surface area contributed by atoms with Crippen molar-refractivity contribution < 1.29 is 47.8 Å². The molecular weight excluding hydrogens is 732 g/mol. The minimum absolute atomic E-state index is 0.0202. The van der Waals surface area contributed by atoms with Crippen molar-refractivity contribution in [3.05, 3.63) is 108 Å². The number of rotatable bonds is 20. The zero-order valence-corrected chi connectivity index (χ0v) is 33.9. The number of ether oxygens (including phenoxy) is 3. The summed E-state index contributed by atoms with van der Waals surface area (Å²) in [6.07, 6.45) is -1.66. The maximum atomic E-state index is 14.8. The summed E-state index contributed by atoms with van der Waals surface area (Å²) in [4.78, 5) is 88.8. The van der Waals surface area contributed by atoms with Crippen LogP contribution in [0, 0.1) is 5.92 Å². The second-order valence-corrected chi connectivity index (χ2v) is 14.9. The number of hydrogen-bond acceptors (Lipinski definition) is 10. The molecule has 3 aromatic rings. The minimum atomic E-state index is -1.51. The molecule has 0 saturated carbocycles. The first-order valence-corrected chi connectivity index (χ1v) is 18.9. The van der Waals surface area contributed by atoms with E-state index in [1.165, 1.54) is 19.1 Å². The predicted octanol–water partition coefficient (Wildman–Crippen LogP) is 5.14. The van der Waals surface area contributed by atoms with Crippen LogP contribution in [0.15, 0.2) is 91.0 Å². The van der Waals surface area contributed by atoms with Crippen molar-refractivity contribution in [1.82, 2.24) is 20.6 Å². The number of benzene rings is 3. The van der Waals surface area contributed by atoms with Gasteiger partial charge in [0.2, 0.25) is 11.8 Å². The highest BCUT2D eigenvalue weighted by Gasteiger charge is 2.39. The highest BCUT2D eigenvalue weighted by molar-refractivity contribution is 5.96. The van der Waals surface area contributed by atoms with Crippen LogP contribution in [0.25, 0.3) is 0 Å². The molecule has 1 unspecified atom stereocenters. The van der Waals surface area contributed by atoms with Crippen molar-refractivity contribution in [2.45, 2.75) is 97.2 Å². The molecule has 0 aliphatic carbocycles. The summed E-state index contributed by atoms with van der Waals surface area (Å²) in [6, 6.07) is 22.6. The van der Waals surface area contributed by atoms with E-state index in [0.29, 0.717) is 12.0 Å². The average Bonchev–Trinajstić information content (AvgIpc) is 3.18. The van der Waals surface area contributed by atoms with E-state index in [0.717, 1.165) is 16.2 Å². The number of esters is 2. The van der Waals surface area contributed by atoms with Gasteiger partial charge in [0.25, 0.3) is 5.91 Å². The van der Waals surface area contributed by atoms with E-state index in [1.54, 1.807) is 99.6 Å². The minimum Gasteiger partial charge on any atom is -0.461 e. The van der Waals surface area contributed by atoms with Gasteiger partial charge in [-0.1, -0.05) is 105 Å². The lowest BCUT2D eigenvalue weighted by atomic mass is 10.00. The summed E-state index contributed by atoms with van der Waals surface area (Å²) in [5, 5.41) is 6.11. The number of alkyl carbamates (subject to hydrolysis) is 1. The molecule has 0 saturated heterocycles.